The summed E-state index contributed by atoms with van der Waals surface area (Å²) < 4.78 is 40.3. The Morgan fingerprint density at radius 3 is 2.38 bits per heavy atom. The lowest BCUT2D eigenvalue weighted by molar-refractivity contribution is -0.144. The molecule has 0 aliphatic heterocycles. The first-order valence-corrected chi connectivity index (χ1v) is 4.87. The maximum atomic E-state index is 11.8. The summed E-state index contributed by atoms with van der Waals surface area (Å²) in [6, 6.07) is 9.23. The van der Waals surface area contributed by atoms with E-state index in [1.165, 1.54) is 0 Å². The van der Waals surface area contributed by atoms with Gasteiger partial charge in [-0.05, 0) is 11.1 Å². The first-order chi connectivity index (χ1) is 7.49. The summed E-state index contributed by atoms with van der Waals surface area (Å²) in [5.74, 6) is 0. The van der Waals surface area contributed by atoms with Crippen LogP contribution in [0.2, 0.25) is 0 Å². The molecular weight excluding hydrogens is 217 g/mol. The van der Waals surface area contributed by atoms with Gasteiger partial charge in [-0.3, -0.25) is 0 Å². The van der Waals surface area contributed by atoms with Gasteiger partial charge in [-0.25, -0.2) is 0 Å². The van der Waals surface area contributed by atoms with Gasteiger partial charge in [0.1, 0.15) is 0 Å². The van der Waals surface area contributed by atoms with Gasteiger partial charge in [0.15, 0.2) is 0 Å². The topological polar surface area (TPSA) is 9.23 Å². The molecule has 0 aromatic heterocycles. The molecule has 0 amide bonds. The second-order valence-corrected chi connectivity index (χ2v) is 3.39. The lowest BCUT2D eigenvalue weighted by Gasteiger charge is -2.09. The standard InChI is InChI=1S/C12H13F3O/c1-10(11-5-3-2-4-6-11)9-16-8-7-12(13,14)15/h2-6H,1,7-9H2. The molecule has 0 bridgehead atoms. The molecule has 0 aliphatic rings. The number of hydrogen-bond acceptors (Lipinski definition) is 1. The van der Waals surface area contributed by atoms with Crippen LogP contribution in [-0.2, 0) is 4.74 Å². The van der Waals surface area contributed by atoms with Crippen molar-refractivity contribution < 1.29 is 17.9 Å². The lowest BCUT2D eigenvalue weighted by Crippen LogP contribution is -2.12. The Bertz CT molecular complexity index is 330. The lowest BCUT2D eigenvalue weighted by atomic mass is 10.1. The fourth-order valence-corrected chi connectivity index (χ4v) is 1.14. The van der Waals surface area contributed by atoms with Gasteiger partial charge < -0.3 is 4.74 Å². The Labute approximate surface area is 92.5 Å². The second kappa shape index (κ2) is 5.70. The van der Waals surface area contributed by atoms with E-state index in [0.29, 0.717) is 5.57 Å². The first-order valence-electron chi connectivity index (χ1n) is 4.87. The van der Waals surface area contributed by atoms with E-state index < -0.39 is 12.6 Å². The van der Waals surface area contributed by atoms with Crippen molar-refractivity contribution in [2.24, 2.45) is 0 Å². The van der Waals surface area contributed by atoms with Crippen molar-refractivity contribution in [1.82, 2.24) is 0 Å². The molecule has 1 aromatic rings. The summed E-state index contributed by atoms with van der Waals surface area (Å²) in [6.07, 6.45) is -5.08. The SMILES string of the molecule is C=C(COCCC(F)(F)F)c1ccccc1. The van der Waals surface area contributed by atoms with Gasteiger partial charge in [0.25, 0.3) is 0 Å². The molecule has 0 spiro atoms. The van der Waals surface area contributed by atoms with Crippen LogP contribution in [0, 0.1) is 0 Å². The molecule has 4 heteroatoms. The highest BCUT2D eigenvalue weighted by molar-refractivity contribution is 5.63. The van der Waals surface area contributed by atoms with E-state index in [0.717, 1.165) is 5.56 Å². The molecule has 0 saturated carbocycles. The van der Waals surface area contributed by atoms with Gasteiger partial charge in [-0.15, -0.1) is 0 Å². The highest BCUT2D eigenvalue weighted by Crippen LogP contribution is 2.19. The van der Waals surface area contributed by atoms with Crippen LogP contribution >= 0.6 is 0 Å². The molecule has 0 saturated heterocycles. The summed E-state index contributed by atoms with van der Waals surface area (Å²) in [6.45, 7) is 3.55. The third-order valence-corrected chi connectivity index (χ3v) is 1.99. The van der Waals surface area contributed by atoms with Gasteiger partial charge in [-0.1, -0.05) is 36.9 Å². The van der Waals surface area contributed by atoms with Gasteiger partial charge in [0, 0.05) is 0 Å². The zero-order valence-electron chi connectivity index (χ0n) is 8.76. The molecule has 1 nitrogen and oxygen atoms in total. The molecule has 0 unspecified atom stereocenters. The number of rotatable bonds is 5. The van der Waals surface area contributed by atoms with Gasteiger partial charge in [-0.2, -0.15) is 13.2 Å². The second-order valence-electron chi connectivity index (χ2n) is 3.39. The minimum atomic E-state index is -4.16. The highest BCUT2D eigenvalue weighted by Gasteiger charge is 2.26. The van der Waals surface area contributed by atoms with Crippen molar-refractivity contribution in [2.45, 2.75) is 12.6 Å². The molecule has 0 aliphatic carbocycles. The maximum Gasteiger partial charge on any atom is 0.391 e. The minimum Gasteiger partial charge on any atom is -0.376 e. The summed E-state index contributed by atoms with van der Waals surface area (Å²) in [4.78, 5) is 0. The van der Waals surface area contributed by atoms with E-state index in [1.54, 1.807) is 0 Å². The first kappa shape index (κ1) is 12.8. The molecular formula is C12H13F3O. The van der Waals surface area contributed by atoms with Crippen LogP contribution in [0.3, 0.4) is 0 Å². The summed E-state index contributed by atoms with van der Waals surface area (Å²) in [7, 11) is 0. The van der Waals surface area contributed by atoms with Gasteiger partial charge >= 0.3 is 6.18 Å². The van der Waals surface area contributed by atoms with E-state index in [1.807, 2.05) is 30.3 Å². The Balaban J connectivity index is 2.27. The van der Waals surface area contributed by atoms with Crippen molar-refractivity contribution in [2.75, 3.05) is 13.2 Å². The molecule has 0 fully saturated rings. The molecule has 0 N–H and O–H groups in total. The Kier molecular flexibility index (Phi) is 4.55. The van der Waals surface area contributed by atoms with Crippen molar-refractivity contribution in [3.8, 4) is 0 Å². The van der Waals surface area contributed by atoms with Crippen LogP contribution in [0.5, 0.6) is 0 Å². The number of ether oxygens (including phenoxy) is 1. The van der Waals surface area contributed by atoms with Crippen molar-refractivity contribution in [1.29, 1.82) is 0 Å². The third-order valence-electron chi connectivity index (χ3n) is 1.99. The average Bonchev–Trinajstić information content (AvgIpc) is 2.24. The quantitative estimate of drug-likeness (QED) is 0.701. The van der Waals surface area contributed by atoms with Crippen LogP contribution in [0.4, 0.5) is 13.2 Å². The Hall–Kier alpha value is -1.29. The average molecular weight is 230 g/mol. The van der Waals surface area contributed by atoms with E-state index >= 15 is 0 Å². The largest absolute Gasteiger partial charge is 0.391 e. The van der Waals surface area contributed by atoms with Crippen molar-refractivity contribution in [3.05, 3.63) is 42.5 Å². The summed E-state index contributed by atoms with van der Waals surface area (Å²) in [5.41, 5.74) is 1.57. The van der Waals surface area contributed by atoms with Gasteiger partial charge in [0.05, 0.1) is 19.6 Å². The normalized spacial score (nSPS) is 11.4. The Morgan fingerprint density at radius 1 is 1.19 bits per heavy atom. The maximum absolute atomic E-state index is 11.8. The van der Waals surface area contributed by atoms with Crippen molar-refractivity contribution >= 4 is 5.57 Å². The fraction of sp³-hybridized carbons (Fsp3) is 0.333. The molecule has 0 atom stereocenters. The van der Waals surface area contributed by atoms with Crippen LogP contribution < -0.4 is 0 Å². The number of hydrogen-bond donors (Lipinski definition) is 0. The van der Waals surface area contributed by atoms with E-state index in [9.17, 15) is 13.2 Å². The zero-order chi connectivity index (χ0) is 12.0. The number of benzene rings is 1. The van der Waals surface area contributed by atoms with E-state index in [-0.39, 0.29) is 13.2 Å². The molecule has 0 heterocycles. The van der Waals surface area contributed by atoms with Crippen molar-refractivity contribution in [3.63, 3.8) is 0 Å². The number of halogens is 3. The molecule has 16 heavy (non-hydrogen) atoms. The molecule has 0 radical (unpaired) electrons. The zero-order valence-corrected chi connectivity index (χ0v) is 8.76. The van der Waals surface area contributed by atoms with Crippen LogP contribution in [0.15, 0.2) is 36.9 Å². The minimum absolute atomic E-state index is 0.125. The van der Waals surface area contributed by atoms with E-state index in [2.05, 4.69) is 6.58 Å². The predicted molar refractivity (Wildman–Crippen MR) is 57.0 cm³/mol. The predicted octanol–water partition coefficient (Wildman–Crippen LogP) is 3.67. The van der Waals surface area contributed by atoms with E-state index in [4.69, 9.17) is 4.74 Å². The van der Waals surface area contributed by atoms with Crippen LogP contribution in [0.25, 0.3) is 5.57 Å². The summed E-state index contributed by atoms with van der Waals surface area (Å²) in [5, 5.41) is 0. The molecule has 88 valence electrons. The Morgan fingerprint density at radius 2 is 1.81 bits per heavy atom. The fourth-order valence-electron chi connectivity index (χ4n) is 1.14. The monoisotopic (exact) mass is 230 g/mol. The van der Waals surface area contributed by atoms with Gasteiger partial charge in [0.2, 0.25) is 0 Å². The molecule has 1 rings (SSSR count). The number of alkyl halides is 3. The van der Waals surface area contributed by atoms with Crippen LogP contribution in [0.1, 0.15) is 12.0 Å². The highest BCUT2D eigenvalue weighted by atomic mass is 19.4. The third kappa shape index (κ3) is 4.98. The van der Waals surface area contributed by atoms with Crippen LogP contribution in [-0.4, -0.2) is 19.4 Å². The molecule has 1 aromatic carbocycles. The summed E-state index contributed by atoms with van der Waals surface area (Å²) >= 11 is 0. The smallest absolute Gasteiger partial charge is 0.376 e.